The first-order valence-corrected chi connectivity index (χ1v) is 9.96. The maximum absolute atomic E-state index is 12.7. The minimum Gasteiger partial charge on any atom is -0.342 e. The van der Waals surface area contributed by atoms with Crippen LogP contribution in [-0.4, -0.2) is 15.5 Å². The zero-order chi connectivity index (χ0) is 20.4. The molecular formula is C24H22ClN3O. The van der Waals surface area contributed by atoms with Gasteiger partial charge in [-0.3, -0.25) is 4.79 Å². The lowest BCUT2D eigenvalue weighted by molar-refractivity contribution is 0.0938. The molecule has 4 nitrogen and oxygen atoms in total. The number of hydrogen-bond acceptors (Lipinski definition) is 2. The molecule has 1 atom stereocenters. The Balaban J connectivity index is 1.67. The van der Waals surface area contributed by atoms with Gasteiger partial charge in [0.15, 0.2) is 0 Å². The van der Waals surface area contributed by atoms with Gasteiger partial charge in [-0.15, -0.1) is 0 Å². The van der Waals surface area contributed by atoms with Crippen molar-refractivity contribution in [3.63, 3.8) is 0 Å². The van der Waals surface area contributed by atoms with E-state index in [1.165, 1.54) is 11.1 Å². The van der Waals surface area contributed by atoms with Crippen molar-refractivity contribution in [2.75, 3.05) is 0 Å². The minimum absolute atomic E-state index is 0.150. The molecule has 1 N–H and O–H groups in total. The summed E-state index contributed by atoms with van der Waals surface area (Å²) in [5.74, 6) is 0.679. The monoisotopic (exact) mass is 403 g/mol. The van der Waals surface area contributed by atoms with Gasteiger partial charge >= 0.3 is 0 Å². The van der Waals surface area contributed by atoms with E-state index >= 15 is 0 Å². The highest BCUT2D eigenvalue weighted by Crippen LogP contribution is 2.23. The summed E-state index contributed by atoms with van der Waals surface area (Å²) in [6.45, 7) is 4.74. The van der Waals surface area contributed by atoms with Gasteiger partial charge in [-0.1, -0.05) is 53.6 Å². The van der Waals surface area contributed by atoms with Crippen molar-refractivity contribution >= 4 is 28.5 Å². The van der Waals surface area contributed by atoms with Crippen LogP contribution < -0.4 is 5.32 Å². The second-order valence-electron chi connectivity index (χ2n) is 7.24. The van der Waals surface area contributed by atoms with E-state index in [9.17, 15) is 4.79 Å². The zero-order valence-electron chi connectivity index (χ0n) is 16.4. The van der Waals surface area contributed by atoms with E-state index in [0.717, 1.165) is 16.9 Å². The number of halogens is 1. The largest absolute Gasteiger partial charge is 0.342 e. The standard InChI is InChI=1S/C24H22ClN3O/c1-16-6-5-7-18(14-16)15-28-22-9-4-3-8-21(22)27-23(28)17(2)26-24(29)19-10-12-20(25)13-11-19/h3-14,17H,15H2,1-2H3,(H,26,29). The molecule has 0 aliphatic heterocycles. The number of amides is 1. The lowest BCUT2D eigenvalue weighted by Crippen LogP contribution is -2.28. The van der Waals surface area contributed by atoms with Gasteiger partial charge in [0.25, 0.3) is 5.91 Å². The van der Waals surface area contributed by atoms with Crippen LogP contribution in [0.15, 0.2) is 72.8 Å². The van der Waals surface area contributed by atoms with Crippen LogP contribution in [0.3, 0.4) is 0 Å². The number of aromatic nitrogens is 2. The van der Waals surface area contributed by atoms with Crippen molar-refractivity contribution < 1.29 is 4.79 Å². The fourth-order valence-corrected chi connectivity index (χ4v) is 3.66. The summed E-state index contributed by atoms with van der Waals surface area (Å²) in [6, 6.07) is 23.1. The van der Waals surface area contributed by atoms with Crippen molar-refractivity contribution in [1.29, 1.82) is 0 Å². The molecule has 4 aromatic rings. The number of aryl methyl sites for hydroxylation is 1. The van der Waals surface area contributed by atoms with Crippen molar-refractivity contribution in [1.82, 2.24) is 14.9 Å². The fourth-order valence-electron chi connectivity index (χ4n) is 3.53. The van der Waals surface area contributed by atoms with Crippen molar-refractivity contribution in [3.05, 3.63) is 100 Å². The zero-order valence-corrected chi connectivity index (χ0v) is 17.1. The fraction of sp³-hybridized carbons (Fsp3) is 0.167. The second kappa shape index (κ2) is 8.10. The molecule has 0 spiro atoms. The maximum Gasteiger partial charge on any atom is 0.251 e. The Morgan fingerprint density at radius 3 is 2.59 bits per heavy atom. The first-order valence-electron chi connectivity index (χ1n) is 9.58. The summed E-state index contributed by atoms with van der Waals surface area (Å²) in [6.07, 6.45) is 0. The quantitative estimate of drug-likeness (QED) is 0.475. The van der Waals surface area contributed by atoms with Crippen molar-refractivity contribution in [2.45, 2.75) is 26.4 Å². The van der Waals surface area contributed by atoms with E-state index < -0.39 is 0 Å². The van der Waals surface area contributed by atoms with Gasteiger partial charge in [-0.2, -0.15) is 0 Å². The van der Waals surface area contributed by atoms with Gasteiger partial charge < -0.3 is 9.88 Å². The molecule has 0 aliphatic rings. The van der Waals surface area contributed by atoms with Crippen LogP contribution in [0.2, 0.25) is 5.02 Å². The van der Waals surface area contributed by atoms with E-state index in [1.54, 1.807) is 24.3 Å². The van der Waals surface area contributed by atoms with Crippen LogP contribution in [-0.2, 0) is 6.54 Å². The molecule has 0 saturated heterocycles. The SMILES string of the molecule is Cc1cccc(Cn2c(C(C)NC(=O)c3ccc(Cl)cc3)nc3ccccc32)c1. The number of nitrogens with one attached hydrogen (secondary N) is 1. The molecule has 146 valence electrons. The summed E-state index contributed by atoms with van der Waals surface area (Å²) < 4.78 is 2.18. The molecule has 0 saturated carbocycles. The number of rotatable bonds is 5. The molecule has 4 rings (SSSR count). The number of benzene rings is 3. The Morgan fingerprint density at radius 2 is 1.83 bits per heavy atom. The van der Waals surface area contributed by atoms with E-state index in [-0.39, 0.29) is 11.9 Å². The van der Waals surface area contributed by atoms with Gasteiger partial charge in [0.2, 0.25) is 0 Å². The molecule has 0 radical (unpaired) electrons. The smallest absolute Gasteiger partial charge is 0.251 e. The normalized spacial score (nSPS) is 12.1. The van der Waals surface area contributed by atoms with Gasteiger partial charge in [0.1, 0.15) is 5.82 Å². The molecule has 5 heteroatoms. The van der Waals surface area contributed by atoms with E-state index in [2.05, 4.69) is 47.1 Å². The highest BCUT2D eigenvalue weighted by atomic mass is 35.5. The number of carbonyl (C=O) groups excluding carboxylic acids is 1. The van der Waals surface area contributed by atoms with E-state index in [0.29, 0.717) is 17.1 Å². The summed E-state index contributed by atoms with van der Waals surface area (Å²) >= 11 is 5.93. The van der Waals surface area contributed by atoms with Gasteiger partial charge in [-0.25, -0.2) is 4.98 Å². The molecule has 1 unspecified atom stereocenters. The maximum atomic E-state index is 12.7. The lowest BCUT2D eigenvalue weighted by atomic mass is 10.1. The summed E-state index contributed by atoms with van der Waals surface area (Å²) in [5.41, 5.74) is 4.96. The Kier molecular flexibility index (Phi) is 5.36. The minimum atomic E-state index is -0.254. The average Bonchev–Trinajstić information content (AvgIpc) is 3.07. The average molecular weight is 404 g/mol. The summed E-state index contributed by atoms with van der Waals surface area (Å²) in [7, 11) is 0. The first-order chi connectivity index (χ1) is 14.0. The number of imidazole rings is 1. The molecule has 29 heavy (non-hydrogen) atoms. The van der Waals surface area contributed by atoms with Gasteiger partial charge in [0.05, 0.1) is 17.1 Å². The number of para-hydroxylation sites is 2. The second-order valence-corrected chi connectivity index (χ2v) is 7.67. The van der Waals surface area contributed by atoms with Crippen molar-refractivity contribution in [2.24, 2.45) is 0 Å². The predicted molar refractivity (Wildman–Crippen MR) is 117 cm³/mol. The Bertz CT molecular complexity index is 1160. The van der Waals surface area contributed by atoms with Crippen LogP contribution >= 0.6 is 11.6 Å². The molecule has 0 bridgehead atoms. The Hall–Kier alpha value is -3.11. The Morgan fingerprint density at radius 1 is 1.07 bits per heavy atom. The molecule has 1 aromatic heterocycles. The lowest BCUT2D eigenvalue weighted by Gasteiger charge is -2.17. The van der Waals surface area contributed by atoms with Crippen LogP contribution in [0.4, 0.5) is 0 Å². The molecule has 1 heterocycles. The molecule has 0 aliphatic carbocycles. The van der Waals surface area contributed by atoms with Crippen LogP contribution in [0.1, 0.15) is 40.3 Å². The van der Waals surface area contributed by atoms with E-state index in [1.807, 2.05) is 25.1 Å². The van der Waals surface area contributed by atoms with E-state index in [4.69, 9.17) is 16.6 Å². The predicted octanol–water partition coefficient (Wildman–Crippen LogP) is 5.54. The number of nitrogens with zero attached hydrogens (tertiary/aromatic N) is 2. The topological polar surface area (TPSA) is 46.9 Å². The Labute approximate surface area is 175 Å². The molecular weight excluding hydrogens is 382 g/mol. The third-order valence-electron chi connectivity index (χ3n) is 4.95. The highest BCUT2D eigenvalue weighted by Gasteiger charge is 2.19. The summed E-state index contributed by atoms with van der Waals surface area (Å²) in [4.78, 5) is 17.5. The third kappa shape index (κ3) is 4.17. The van der Waals surface area contributed by atoms with Crippen molar-refractivity contribution in [3.8, 4) is 0 Å². The van der Waals surface area contributed by atoms with Crippen LogP contribution in [0.25, 0.3) is 11.0 Å². The van der Waals surface area contributed by atoms with Crippen LogP contribution in [0.5, 0.6) is 0 Å². The molecule has 3 aromatic carbocycles. The first kappa shape index (κ1) is 19.2. The highest BCUT2D eigenvalue weighted by molar-refractivity contribution is 6.30. The van der Waals surface area contributed by atoms with Gasteiger partial charge in [0, 0.05) is 17.1 Å². The molecule has 0 fully saturated rings. The summed E-state index contributed by atoms with van der Waals surface area (Å²) in [5, 5.41) is 3.67. The molecule has 1 amide bonds. The van der Waals surface area contributed by atoms with Gasteiger partial charge in [-0.05, 0) is 55.8 Å². The number of hydrogen-bond donors (Lipinski definition) is 1. The number of fused-ring (bicyclic) bond motifs is 1. The number of carbonyl (C=O) groups is 1. The van der Waals surface area contributed by atoms with Crippen LogP contribution in [0, 0.1) is 6.92 Å². The third-order valence-corrected chi connectivity index (χ3v) is 5.20.